The Hall–Kier alpha value is -2.10. The lowest BCUT2D eigenvalue weighted by molar-refractivity contribution is 0.293. The Morgan fingerprint density at radius 3 is 2.36 bits per heavy atom. The molecule has 1 fully saturated rings. The molecule has 28 heavy (non-hydrogen) atoms. The first-order chi connectivity index (χ1) is 13.8. The number of aromatic nitrogens is 2. The predicted octanol–water partition coefficient (Wildman–Crippen LogP) is 6.45. The summed E-state index contributed by atoms with van der Waals surface area (Å²) in [7, 11) is 0. The second-order valence-electron chi connectivity index (χ2n) is 7.79. The van der Waals surface area contributed by atoms with Gasteiger partial charge >= 0.3 is 0 Å². The first kappa shape index (κ1) is 20.6. The minimum Gasteiger partial charge on any atom is -0.494 e. The Labute approximate surface area is 169 Å². The van der Waals surface area contributed by atoms with Gasteiger partial charge in [-0.05, 0) is 43.0 Å². The second-order valence-corrected chi connectivity index (χ2v) is 7.79. The molecule has 0 spiro atoms. The second kappa shape index (κ2) is 11.7. The maximum absolute atomic E-state index is 5.82. The Morgan fingerprint density at radius 1 is 0.857 bits per heavy atom. The molecule has 1 aliphatic carbocycles. The van der Waals surface area contributed by atoms with E-state index in [1.165, 1.54) is 51.4 Å². The molecular formula is C24H34N2O2. The summed E-state index contributed by atoms with van der Waals surface area (Å²) in [5, 5.41) is 0. The third kappa shape index (κ3) is 7.49. The molecular weight excluding hydrogens is 348 g/mol. The van der Waals surface area contributed by atoms with Gasteiger partial charge in [0.05, 0.1) is 13.2 Å². The minimum atomic E-state index is 0.656. The molecule has 0 bridgehead atoms. The zero-order chi connectivity index (χ0) is 19.4. The van der Waals surface area contributed by atoms with Crippen LogP contribution in [-0.4, -0.2) is 23.2 Å². The molecule has 4 heteroatoms. The van der Waals surface area contributed by atoms with E-state index in [9.17, 15) is 0 Å². The van der Waals surface area contributed by atoms with Crippen LogP contribution in [0.2, 0.25) is 0 Å². The molecule has 4 nitrogen and oxygen atoms in total. The molecule has 3 rings (SSSR count). The summed E-state index contributed by atoms with van der Waals surface area (Å²) in [6, 6.07) is 9.84. The van der Waals surface area contributed by atoms with Crippen molar-refractivity contribution in [2.75, 3.05) is 13.2 Å². The molecule has 1 aliphatic rings. The van der Waals surface area contributed by atoms with Gasteiger partial charge in [0.1, 0.15) is 5.75 Å². The quantitative estimate of drug-likeness (QED) is 0.352. The van der Waals surface area contributed by atoms with Gasteiger partial charge in [-0.3, -0.25) is 0 Å². The highest BCUT2D eigenvalue weighted by atomic mass is 16.5. The van der Waals surface area contributed by atoms with E-state index in [1.54, 1.807) is 6.20 Å². The number of hydrogen-bond donors (Lipinski definition) is 0. The summed E-state index contributed by atoms with van der Waals surface area (Å²) in [6.07, 6.45) is 14.6. The zero-order valence-corrected chi connectivity index (χ0v) is 17.2. The fourth-order valence-electron chi connectivity index (χ4n) is 3.28. The van der Waals surface area contributed by atoms with Crippen molar-refractivity contribution in [2.45, 2.75) is 71.1 Å². The molecule has 0 unspecified atom stereocenters. The van der Waals surface area contributed by atoms with E-state index in [-0.39, 0.29) is 0 Å². The smallest absolute Gasteiger partial charge is 0.216 e. The lowest BCUT2D eigenvalue weighted by Gasteiger charge is -2.08. The lowest BCUT2D eigenvalue weighted by Crippen LogP contribution is -2.01. The minimum absolute atomic E-state index is 0.656. The fraction of sp³-hybridized carbons (Fsp3) is 0.583. The standard InChI is InChI=1S/C24H34N2O2/c1-2-3-4-7-18-27-22-14-12-21(13-15-22)24-25-17-16-23(26-24)28-19-8-5-6-9-20-10-11-20/h12-17,20H,2-11,18-19H2,1H3. The largest absolute Gasteiger partial charge is 0.494 e. The molecule has 1 saturated carbocycles. The Kier molecular flexibility index (Phi) is 8.60. The Bertz CT molecular complexity index is 683. The highest BCUT2D eigenvalue weighted by Gasteiger charge is 2.19. The number of benzene rings is 1. The third-order valence-electron chi connectivity index (χ3n) is 5.21. The number of hydrogen-bond acceptors (Lipinski definition) is 4. The maximum Gasteiger partial charge on any atom is 0.216 e. The summed E-state index contributed by atoms with van der Waals surface area (Å²) in [5.74, 6) is 3.28. The van der Waals surface area contributed by atoms with Gasteiger partial charge in [0.15, 0.2) is 5.82 Å². The van der Waals surface area contributed by atoms with Gasteiger partial charge in [0.25, 0.3) is 0 Å². The van der Waals surface area contributed by atoms with E-state index in [1.807, 2.05) is 30.3 Å². The van der Waals surface area contributed by atoms with Crippen molar-refractivity contribution in [3.63, 3.8) is 0 Å². The SMILES string of the molecule is CCCCCCOc1ccc(-c2nccc(OCCCCCC3CC3)n2)cc1. The predicted molar refractivity (Wildman–Crippen MR) is 114 cm³/mol. The van der Waals surface area contributed by atoms with Crippen molar-refractivity contribution < 1.29 is 9.47 Å². The van der Waals surface area contributed by atoms with Crippen LogP contribution in [0.5, 0.6) is 11.6 Å². The normalized spacial score (nSPS) is 13.5. The molecule has 0 atom stereocenters. The van der Waals surface area contributed by atoms with E-state index in [0.29, 0.717) is 11.7 Å². The van der Waals surface area contributed by atoms with E-state index in [0.717, 1.165) is 43.3 Å². The van der Waals surface area contributed by atoms with Gasteiger partial charge in [-0.25, -0.2) is 4.98 Å². The summed E-state index contributed by atoms with van der Waals surface area (Å²) < 4.78 is 11.6. The van der Waals surface area contributed by atoms with E-state index >= 15 is 0 Å². The monoisotopic (exact) mass is 382 g/mol. The molecule has 0 radical (unpaired) electrons. The van der Waals surface area contributed by atoms with Crippen LogP contribution in [0.1, 0.15) is 71.1 Å². The molecule has 0 N–H and O–H groups in total. The van der Waals surface area contributed by atoms with Crippen molar-refractivity contribution >= 4 is 0 Å². The van der Waals surface area contributed by atoms with E-state index in [4.69, 9.17) is 9.47 Å². The zero-order valence-electron chi connectivity index (χ0n) is 17.2. The summed E-state index contributed by atoms with van der Waals surface area (Å²) >= 11 is 0. The van der Waals surface area contributed by atoms with Crippen molar-refractivity contribution in [3.05, 3.63) is 36.5 Å². The van der Waals surface area contributed by atoms with Crippen molar-refractivity contribution in [1.82, 2.24) is 9.97 Å². The Morgan fingerprint density at radius 2 is 1.61 bits per heavy atom. The average Bonchev–Trinajstić information content (AvgIpc) is 3.56. The Balaban J connectivity index is 1.40. The van der Waals surface area contributed by atoms with E-state index in [2.05, 4.69) is 16.9 Å². The van der Waals surface area contributed by atoms with Gasteiger partial charge in [0, 0.05) is 17.8 Å². The summed E-state index contributed by atoms with van der Waals surface area (Å²) in [4.78, 5) is 8.94. The molecule has 0 amide bonds. The highest BCUT2D eigenvalue weighted by Crippen LogP contribution is 2.34. The van der Waals surface area contributed by atoms with Crippen LogP contribution < -0.4 is 9.47 Å². The van der Waals surface area contributed by atoms with Crippen LogP contribution in [0.25, 0.3) is 11.4 Å². The van der Waals surface area contributed by atoms with Gasteiger partial charge in [-0.15, -0.1) is 0 Å². The third-order valence-corrected chi connectivity index (χ3v) is 5.21. The number of rotatable bonds is 14. The van der Waals surface area contributed by atoms with Crippen LogP contribution in [-0.2, 0) is 0 Å². The van der Waals surface area contributed by atoms with Crippen LogP contribution >= 0.6 is 0 Å². The van der Waals surface area contributed by atoms with Gasteiger partial charge in [0.2, 0.25) is 5.88 Å². The molecule has 0 aliphatic heterocycles. The molecule has 1 heterocycles. The van der Waals surface area contributed by atoms with Gasteiger partial charge in [-0.2, -0.15) is 4.98 Å². The topological polar surface area (TPSA) is 44.2 Å². The highest BCUT2D eigenvalue weighted by molar-refractivity contribution is 5.56. The summed E-state index contributed by atoms with van der Waals surface area (Å²) in [6.45, 7) is 3.73. The van der Waals surface area contributed by atoms with E-state index < -0.39 is 0 Å². The van der Waals surface area contributed by atoms with Crippen molar-refractivity contribution in [3.8, 4) is 23.0 Å². The van der Waals surface area contributed by atoms with Gasteiger partial charge in [-0.1, -0.05) is 58.3 Å². The lowest BCUT2D eigenvalue weighted by atomic mass is 10.1. The molecule has 1 aromatic carbocycles. The fourth-order valence-corrected chi connectivity index (χ4v) is 3.28. The van der Waals surface area contributed by atoms with Crippen LogP contribution in [0.4, 0.5) is 0 Å². The maximum atomic E-state index is 5.82. The number of ether oxygens (including phenoxy) is 2. The molecule has 0 saturated heterocycles. The number of unbranched alkanes of at least 4 members (excludes halogenated alkanes) is 5. The van der Waals surface area contributed by atoms with Crippen LogP contribution in [0, 0.1) is 5.92 Å². The van der Waals surface area contributed by atoms with Crippen molar-refractivity contribution in [2.24, 2.45) is 5.92 Å². The first-order valence-electron chi connectivity index (χ1n) is 11.0. The first-order valence-corrected chi connectivity index (χ1v) is 11.0. The molecule has 1 aromatic heterocycles. The van der Waals surface area contributed by atoms with Crippen LogP contribution in [0.15, 0.2) is 36.5 Å². The molecule has 152 valence electrons. The number of nitrogens with zero attached hydrogens (tertiary/aromatic N) is 2. The van der Waals surface area contributed by atoms with Crippen LogP contribution in [0.3, 0.4) is 0 Å². The molecule has 2 aromatic rings. The van der Waals surface area contributed by atoms with Crippen molar-refractivity contribution in [1.29, 1.82) is 0 Å². The summed E-state index contributed by atoms with van der Waals surface area (Å²) in [5.41, 5.74) is 0.980. The average molecular weight is 383 g/mol. The van der Waals surface area contributed by atoms with Gasteiger partial charge < -0.3 is 9.47 Å².